The van der Waals surface area contributed by atoms with E-state index in [9.17, 15) is 18.5 Å². The quantitative estimate of drug-likeness (QED) is 0.518. The Balaban J connectivity index is 1.58. The zero-order chi connectivity index (χ0) is 19.0. The molecule has 8 nitrogen and oxygen atoms in total. The van der Waals surface area contributed by atoms with Gasteiger partial charge in [0, 0.05) is 35.8 Å². The van der Waals surface area contributed by atoms with E-state index < -0.39 is 20.6 Å². The molecule has 138 valence electrons. The van der Waals surface area contributed by atoms with Crippen LogP contribution in [0, 0.1) is 10.1 Å². The van der Waals surface area contributed by atoms with Crippen LogP contribution in [0.1, 0.15) is 0 Å². The van der Waals surface area contributed by atoms with Crippen molar-refractivity contribution < 1.29 is 13.3 Å². The van der Waals surface area contributed by atoms with Gasteiger partial charge in [-0.05, 0) is 18.2 Å². The van der Waals surface area contributed by atoms with Gasteiger partial charge in [-0.15, -0.1) is 0 Å². The van der Waals surface area contributed by atoms with Crippen molar-refractivity contribution in [1.82, 2.24) is 9.55 Å². The van der Waals surface area contributed by atoms with E-state index >= 15 is 0 Å². The summed E-state index contributed by atoms with van der Waals surface area (Å²) >= 11 is 1.70. The molecule has 0 spiro atoms. The molecule has 0 aliphatic carbocycles. The molecule has 0 saturated carbocycles. The Morgan fingerprint density at radius 3 is 2.59 bits per heavy atom. The monoisotopic (exact) mass is 402 g/mol. The Kier molecular flexibility index (Phi) is 4.36. The van der Waals surface area contributed by atoms with Crippen LogP contribution in [0.5, 0.6) is 0 Å². The van der Waals surface area contributed by atoms with E-state index in [4.69, 9.17) is 0 Å². The number of sulfonamides is 1. The van der Waals surface area contributed by atoms with E-state index in [2.05, 4.69) is 14.3 Å². The number of nitro benzene ring substituents is 1. The molecule has 0 unspecified atom stereocenters. The third-order valence-corrected chi connectivity index (χ3v) is 6.49. The van der Waals surface area contributed by atoms with Gasteiger partial charge >= 0.3 is 0 Å². The zero-order valence-electron chi connectivity index (χ0n) is 13.9. The number of fused-ring (bicyclic) bond motifs is 1. The van der Waals surface area contributed by atoms with Gasteiger partial charge < -0.3 is 4.57 Å². The number of nitrogens with zero attached hydrogens (tertiary/aromatic N) is 3. The molecule has 0 amide bonds. The highest BCUT2D eigenvalue weighted by Gasteiger charge is 2.25. The maximum Gasteiger partial charge on any atom is 0.289 e. The maximum atomic E-state index is 12.5. The highest BCUT2D eigenvalue weighted by Crippen LogP contribution is 2.30. The molecule has 1 aliphatic heterocycles. The predicted octanol–water partition coefficient (Wildman–Crippen LogP) is 3.36. The lowest BCUT2D eigenvalue weighted by atomic mass is 10.1. The van der Waals surface area contributed by atoms with Crippen molar-refractivity contribution in [1.29, 1.82) is 0 Å². The summed E-state index contributed by atoms with van der Waals surface area (Å²) in [5.41, 5.74) is 1.54. The lowest BCUT2D eigenvalue weighted by molar-refractivity contribution is -0.387. The van der Waals surface area contributed by atoms with Gasteiger partial charge in [0.1, 0.15) is 0 Å². The molecule has 0 saturated heterocycles. The second kappa shape index (κ2) is 6.71. The minimum absolute atomic E-state index is 0.318. The summed E-state index contributed by atoms with van der Waals surface area (Å²) in [6.07, 6.45) is 1.97. The highest BCUT2D eigenvalue weighted by atomic mass is 32.2. The van der Waals surface area contributed by atoms with Crippen LogP contribution in [0.4, 0.5) is 11.4 Å². The SMILES string of the molecule is O=[N+]([O-])c1ccccc1S(=O)(=O)Nc1ccc(-c2cn3c(n2)SCC3)cc1. The van der Waals surface area contributed by atoms with Crippen molar-refractivity contribution >= 4 is 33.2 Å². The van der Waals surface area contributed by atoms with Crippen molar-refractivity contribution in [3.63, 3.8) is 0 Å². The Morgan fingerprint density at radius 2 is 1.89 bits per heavy atom. The lowest BCUT2D eigenvalue weighted by Gasteiger charge is -2.09. The number of aromatic nitrogens is 2. The summed E-state index contributed by atoms with van der Waals surface area (Å²) in [7, 11) is -4.08. The topological polar surface area (TPSA) is 107 Å². The minimum Gasteiger partial charge on any atom is -0.325 e. The summed E-state index contributed by atoms with van der Waals surface area (Å²) < 4.78 is 29.6. The van der Waals surface area contributed by atoms with Crippen LogP contribution in [0.15, 0.2) is 64.8 Å². The largest absolute Gasteiger partial charge is 0.325 e. The smallest absolute Gasteiger partial charge is 0.289 e. The number of thioether (sulfide) groups is 1. The number of nitrogens with one attached hydrogen (secondary N) is 1. The molecule has 27 heavy (non-hydrogen) atoms. The average molecular weight is 402 g/mol. The molecule has 0 radical (unpaired) electrons. The molecule has 0 atom stereocenters. The second-order valence-electron chi connectivity index (χ2n) is 5.86. The first-order valence-electron chi connectivity index (χ1n) is 8.01. The molecule has 1 aromatic heterocycles. The van der Waals surface area contributed by atoms with Gasteiger partial charge in [0.2, 0.25) is 0 Å². The number of imidazole rings is 1. The molecule has 0 fully saturated rings. The van der Waals surface area contributed by atoms with Crippen molar-refractivity contribution in [3.05, 3.63) is 64.8 Å². The Morgan fingerprint density at radius 1 is 1.15 bits per heavy atom. The molecule has 1 aliphatic rings. The Hall–Kier alpha value is -2.85. The summed E-state index contributed by atoms with van der Waals surface area (Å²) in [5, 5.41) is 12.1. The lowest BCUT2D eigenvalue weighted by Crippen LogP contribution is -2.14. The second-order valence-corrected chi connectivity index (χ2v) is 8.57. The number of para-hydroxylation sites is 1. The van der Waals surface area contributed by atoms with E-state index in [-0.39, 0.29) is 4.90 Å². The van der Waals surface area contributed by atoms with Crippen molar-refractivity contribution in [2.45, 2.75) is 16.6 Å². The van der Waals surface area contributed by atoms with Gasteiger partial charge in [-0.2, -0.15) is 0 Å². The van der Waals surface area contributed by atoms with Gasteiger partial charge in [0.25, 0.3) is 15.7 Å². The molecular weight excluding hydrogens is 388 g/mol. The van der Waals surface area contributed by atoms with E-state index in [0.29, 0.717) is 5.69 Å². The van der Waals surface area contributed by atoms with Gasteiger partial charge in [-0.1, -0.05) is 36.0 Å². The fourth-order valence-electron chi connectivity index (χ4n) is 2.80. The molecule has 4 rings (SSSR count). The van der Waals surface area contributed by atoms with Crippen LogP contribution in [0.3, 0.4) is 0 Å². The molecular formula is C17H14N4O4S2. The first-order chi connectivity index (χ1) is 12.9. The van der Waals surface area contributed by atoms with Gasteiger partial charge in [-0.25, -0.2) is 13.4 Å². The van der Waals surface area contributed by atoms with Crippen LogP contribution in [-0.2, 0) is 16.6 Å². The molecule has 1 N–H and O–H groups in total. The first kappa shape index (κ1) is 17.6. The summed E-state index contributed by atoms with van der Waals surface area (Å²) in [4.78, 5) is 14.6. The van der Waals surface area contributed by atoms with Crippen molar-refractivity contribution in [2.24, 2.45) is 0 Å². The van der Waals surface area contributed by atoms with E-state index in [1.165, 1.54) is 18.2 Å². The molecule has 2 aromatic carbocycles. The van der Waals surface area contributed by atoms with E-state index in [1.54, 1.807) is 36.0 Å². The fourth-order valence-corrected chi connectivity index (χ4v) is 4.98. The van der Waals surface area contributed by atoms with Gasteiger partial charge in [-0.3, -0.25) is 14.8 Å². The Labute approximate surface area is 159 Å². The van der Waals surface area contributed by atoms with Crippen LogP contribution in [-0.4, -0.2) is 28.6 Å². The van der Waals surface area contributed by atoms with Crippen LogP contribution in [0.2, 0.25) is 0 Å². The molecule has 10 heteroatoms. The van der Waals surface area contributed by atoms with Crippen LogP contribution in [0.25, 0.3) is 11.3 Å². The average Bonchev–Trinajstić information content (AvgIpc) is 3.24. The van der Waals surface area contributed by atoms with Crippen LogP contribution >= 0.6 is 11.8 Å². The summed E-state index contributed by atoms with van der Waals surface area (Å²) in [6, 6.07) is 12.0. The number of benzene rings is 2. The Bertz CT molecular complexity index is 1100. The summed E-state index contributed by atoms with van der Waals surface area (Å²) in [6.45, 7) is 0.931. The number of rotatable bonds is 5. The number of hydrogen-bond donors (Lipinski definition) is 1. The summed E-state index contributed by atoms with van der Waals surface area (Å²) in [5.74, 6) is 1.02. The van der Waals surface area contributed by atoms with Gasteiger partial charge in [0.15, 0.2) is 10.1 Å². The predicted molar refractivity (Wildman–Crippen MR) is 102 cm³/mol. The minimum atomic E-state index is -4.08. The van der Waals surface area contributed by atoms with Gasteiger partial charge in [0.05, 0.1) is 10.6 Å². The van der Waals surface area contributed by atoms with Crippen molar-refractivity contribution in [2.75, 3.05) is 10.5 Å². The highest BCUT2D eigenvalue weighted by molar-refractivity contribution is 7.99. The maximum absolute atomic E-state index is 12.5. The third-order valence-electron chi connectivity index (χ3n) is 4.09. The fraction of sp³-hybridized carbons (Fsp3) is 0.118. The molecule has 2 heterocycles. The van der Waals surface area contributed by atoms with E-state index in [0.717, 1.165) is 34.8 Å². The van der Waals surface area contributed by atoms with E-state index in [1.807, 2.05) is 6.20 Å². The first-order valence-corrected chi connectivity index (χ1v) is 10.5. The third kappa shape index (κ3) is 3.40. The number of aryl methyl sites for hydroxylation is 1. The number of anilines is 1. The molecule has 0 bridgehead atoms. The van der Waals surface area contributed by atoms with Crippen molar-refractivity contribution in [3.8, 4) is 11.3 Å². The normalized spacial score (nSPS) is 13.3. The van der Waals surface area contributed by atoms with Crippen LogP contribution < -0.4 is 4.72 Å². The molecule has 3 aromatic rings. The standard InChI is InChI=1S/C17H14N4O4S2/c22-21(23)15-3-1-2-4-16(15)27(24,25)19-13-7-5-12(6-8-13)14-11-20-9-10-26-17(20)18-14/h1-8,11,19H,9-10H2. The number of hydrogen-bond acceptors (Lipinski definition) is 6. The zero-order valence-corrected chi connectivity index (χ0v) is 15.5. The number of nitro groups is 1.